The quantitative estimate of drug-likeness (QED) is 0.608. The maximum Gasteiger partial charge on any atom is 0.307 e. The van der Waals surface area contributed by atoms with Crippen molar-refractivity contribution in [1.82, 2.24) is 0 Å². The molecule has 0 fully saturated rings. The highest BCUT2D eigenvalue weighted by atomic mass is 35.5. The minimum absolute atomic E-state index is 0.154. The molecule has 0 heterocycles. The van der Waals surface area contributed by atoms with Crippen LogP contribution in [0.4, 0.5) is 0 Å². The fourth-order valence-electron chi connectivity index (χ4n) is 1.18. The van der Waals surface area contributed by atoms with Crippen molar-refractivity contribution in [2.75, 3.05) is 5.75 Å². The van der Waals surface area contributed by atoms with Gasteiger partial charge in [0, 0.05) is 15.7 Å². The molecule has 94 valence electrons. The molecule has 0 aliphatic heterocycles. The van der Waals surface area contributed by atoms with E-state index >= 15 is 0 Å². The second kappa shape index (κ2) is 6.31. The van der Waals surface area contributed by atoms with Crippen LogP contribution in [0.3, 0.4) is 0 Å². The Bertz CT molecular complexity index is 368. The highest BCUT2D eigenvalue weighted by Gasteiger charge is 2.15. The number of carbonyl (C=O) groups is 1. The van der Waals surface area contributed by atoms with Crippen molar-refractivity contribution in [3.8, 4) is 0 Å². The van der Waals surface area contributed by atoms with Crippen LogP contribution in [-0.4, -0.2) is 17.3 Å². The van der Waals surface area contributed by atoms with Crippen LogP contribution in [0.2, 0.25) is 5.02 Å². The van der Waals surface area contributed by atoms with Gasteiger partial charge in [0.05, 0.1) is 6.42 Å². The Kier molecular flexibility index (Phi) is 5.34. The van der Waals surface area contributed by atoms with Gasteiger partial charge in [-0.1, -0.05) is 11.6 Å². The lowest BCUT2D eigenvalue weighted by Crippen LogP contribution is -2.23. The van der Waals surface area contributed by atoms with E-state index in [1.165, 1.54) is 0 Å². The summed E-state index contributed by atoms with van der Waals surface area (Å²) < 4.78 is 5.22. The molecule has 1 aromatic carbocycles. The normalized spacial score (nSPS) is 11.3. The van der Waals surface area contributed by atoms with Crippen LogP contribution in [0.15, 0.2) is 29.2 Å². The number of hydrogen-bond donors (Lipinski definition) is 0. The molecule has 0 aliphatic rings. The first-order valence-corrected chi connectivity index (χ1v) is 6.83. The second-order valence-corrected chi connectivity index (χ2v) is 6.24. The summed E-state index contributed by atoms with van der Waals surface area (Å²) in [7, 11) is 0. The van der Waals surface area contributed by atoms with E-state index in [2.05, 4.69) is 0 Å². The minimum atomic E-state index is -0.401. The fourth-order valence-corrected chi connectivity index (χ4v) is 2.13. The Balaban J connectivity index is 2.28. The summed E-state index contributed by atoms with van der Waals surface area (Å²) in [5.41, 5.74) is -0.401. The van der Waals surface area contributed by atoms with E-state index in [1.807, 2.05) is 45.0 Å². The second-order valence-electron chi connectivity index (χ2n) is 4.64. The average Bonchev–Trinajstić information content (AvgIpc) is 2.18. The largest absolute Gasteiger partial charge is 0.460 e. The van der Waals surface area contributed by atoms with Crippen molar-refractivity contribution >= 4 is 29.3 Å². The van der Waals surface area contributed by atoms with E-state index < -0.39 is 5.60 Å². The zero-order valence-corrected chi connectivity index (χ0v) is 11.9. The van der Waals surface area contributed by atoms with Crippen molar-refractivity contribution in [1.29, 1.82) is 0 Å². The molecule has 0 spiro atoms. The number of carbonyl (C=O) groups excluding carboxylic acids is 1. The van der Waals surface area contributed by atoms with Gasteiger partial charge < -0.3 is 4.74 Å². The van der Waals surface area contributed by atoms with Gasteiger partial charge in [0.2, 0.25) is 0 Å². The molecule has 4 heteroatoms. The van der Waals surface area contributed by atoms with Gasteiger partial charge in [-0.25, -0.2) is 0 Å². The van der Waals surface area contributed by atoms with Crippen LogP contribution in [-0.2, 0) is 9.53 Å². The standard InChI is InChI=1S/C13H17ClO2S/c1-13(2,3)16-12(15)8-9-17-11-6-4-10(14)5-7-11/h4-7H,8-9H2,1-3H3. The van der Waals surface area contributed by atoms with E-state index in [1.54, 1.807) is 11.8 Å². The number of thioether (sulfide) groups is 1. The summed E-state index contributed by atoms with van der Waals surface area (Å²) in [6, 6.07) is 7.58. The first kappa shape index (κ1) is 14.4. The number of rotatable bonds is 4. The van der Waals surface area contributed by atoms with Gasteiger partial charge in [-0.05, 0) is 45.0 Å². The van der Waals surface area contributed by atoms with Crippen molar-refractivity contribution in [3.05, 3.63) is 29.3 Å². The zero-order valence-electron chi connectivity index (χ0n) is 10.3. The van der Waals surface area contributed by atoms with Gasteiger partial charge in [-0.15, -0.1) is 11.8 Å². The first-order valence-electron chi connectivity index (χ1n) is 5.47. The number of hydrogen-bond acceptors (Lipinski definition) is 3. The van der Waals surface area contributed by atoms with E-state index in [0.717, 1.165) is 15.7 Å². The summed E-state index contributed by atoms with van der Waals surface area (Å²) >= 11 is 7.41. The summed E-state index contributed by atoms with van der Waals surface area (Å²) in [4.78, 5) is 12.6. The van der Waals surface area contributed by atoms with Crippen molar-refractivity contribution in [2.24, 2.45) is 0 Å². The lowest BCUT2D eigenvalue weighted by atomic mass is 10.2. The Morgan fingerprint density at radius 2 is 1.88 bits per heavy atom. The Morgan fingerprint density at radius 3 is 2.41 bits per heavy atom. The van der Waals surface area contributed by atoms with E-state index in [-0.39, 0.29) is 5.97 Å². The summed E-state index contributed by atoms with van der Waals surface area (Å²) in [5.74, 6) is 0.565. The molecule has 0 saturated carbocycles. The lowest BCUT2D eigenvalue weighted by Gasteiger charge is -2.19. The molecule has 0 atom stereocenters. The third-order valence-electron chi connectivity index (χ3n) is 1.81. The van der Waals surface area contributed by atoms with Gasteiger partial charge in [-0.3, -0.25) is 4.79 Å². The van der Waals surface area contributed by atoms with E-state index in [0.29, 0.717) is 6.42 Å². The van der Waals surface area contributed by atoms with Crippen LogP contribution in [0.5, 0.6) is 0 Å². The summed E-state index contributed by atoms with van der Waals surface area (Å²) in [5, 5.41) is 0.724. The smallest absolute Gasteiger partial charge is 0.307 e. The molecule has 0 saturated heterocycles. The molecular formula is C13H17ClO2S. The predicted octanol–water partition coefficient (Wildman–Crippen LogP) is 4.16. The van der Waals surface area contributed by atoms with Crippen LogP contribution < -0.4 is 0 Å². The lowest BCUT2D eigenvalue weighted by molar-refractivity contribution is -0.154. The average molecular weight is 273 g/mol. The van der Waals surface area contributed by atoms with Crippen LogP contribution >= 0.6 is 23.4 Å². The van der Waals surface area contributed by atoms with Gasteiger partial charge in [0.25, 0.3) is 0 Å². The summed E-state index contributed by atoms with van der Waals surface area (Å²) in [6.45, 7) is 5.62. The number of esters is 1. The topological polar surface area (TPSA) is 26.3 Å². The zero-order chi connectivity index (χ0) is 12.9. The van der Waals surface area contributed by atoms with Gasteiger partial charge in [-0.2, -0.15) is 0 Å². The third kappa shape index (κ3) is 6.59. The predicted molar refractivity (Wildman–Crippen MR) is 72.6 cm³/mol. The fraction of sp³-hybridized carbons (Fsp3) is 0.462. The minimum Gasteiger partial charge on any atom is -0.460 e. The molecule has 0 bridgehead atoms. The van der Waals surface area contributed by atoms with Gasteiger partial charge in [0.15, 0.2) is 0 Å². The molecule has 0 amide bonds. The number of benzene rings is 1. The molecule has 2 nitrogen and oxygen atoms in total. The maximum absolute atomic E-state index is 11.4. The molecule has 0 unspecified atom stereocenters. The van der Waals surface area contributed by atoms with Crippen molar-refractivity contribution in [3.63, 3.8) is 0 Å². The van der Waals surface area contributed by atoms with Gasteiger partial charge in [0.1, 0.15) is 5.60 Å². The Hall–Kier alpha value is -0.670. The Morgan fingerprint density at radius 1 is 1.29 bits per heavy atom. The van der Waals surface area contributed by atoms with E-state index in [4.69, 9.17) is 16.3 Å². The van der Waals surface area contributed by atoms with E-state index in [9.17, 15) is 4.79 Å². The van der Waals surface area contributed by atoms with Crippen molar-refractivity contribution < 1.29 is 9.53 Å². The molecule has 0 N–H and O–H groups in total. The molecule has 0 aliphatic carbocycles. The maximum atomic E-state index is 11.4. The molecule has 17 heavy (non-hydrogen) atoms. The highest BCUT2D eigenvalue weighted by Crippen LogP contribution is 2.21. The van der Waals surface area contributed by atoms with Crippen LogP contribution in [0.25, 0.3) is 0 Å². The molecule has 0 aromatic heterocycles. The monoisotopic (exact) mass is 272 g/mol. The molecule has 0 radical (unpaired) electrons. The highest BCUT2D eigenvalue weighted by molar-refractivity contribution is 7.99. The SMILES string of the molecule is CC(C)(C)OC(=O)CCSc1ccc(Cl)cc1. The van der Waals surface area contributed by atoms with Crippen molar-refractivity contribution in [2.45, 2.75) is 37.7 Å². The summed E-state index contributed by atoms with van der Waals surface area (Å²) in [6.07, 6.45) is 0.421. The third-order valence-corrected chi connectivity index (χ3v) is 3.07. The van der Waals surface area contributed by atoms with Gasteiger partial charge >= 0.3 is 5.97 Å². The van der Waals surface area contributed by atoms with Crippen LogP contribution in [0.1, 0.15) is 27.2 Å². The molecule has 1 aromatic rings. The van der Waals surface area contributed by atoms with Crippen LogP contribution in [0, 0.1) is 0 Å². The number of halogens is 1. The molecule has 1 rings (SSSR count). The number of ether oxygens (including phenoxy) is 1. The Labute approximate surface area is 112 Å². The molecular weight excluding hydrogens is 256 g/mol. The first-order chi connectivity index (χ1) is 7.87.